The number of rotatable bonds is 3. The molecule has 0 aliphatic carbocycles. The summed E-state index contributed by atoms with van der Waals surface area (Å²) < 4.78 is 24.8. The second-order valence-corrected chi connectivity index (χ2v) is 9.23. The summed E-state index contributed by atoms with van der Waals surface area (Å²) in [6, 6.07) is 7.07. The van der Waals surface area contributed by atoms with Crippen LogP contribution in [0.5, 0.6) is 0 Å². The minimum absolute atomic E-state index is 0.0357. The number of piperidine rings is 1. The summed E-state index contributed by atoms with van der Waals surface area (Å²) in [6.45, 7) is 2.72. The topological polar surface area (TPSA) is 57.7 Å². The Kier molecular flexibility index (Phi) is 5.18. The lowest BCUT2D eigenvalue weighted by Crippen LogP contribution is -2.40. The summed E-state index contributed by atoms with van der Waals surface area (Å²) in [5.41, 5.74) is 0.634. The molecule has 3 rings (SSSR count). The molecule has 132 valence electrons. The molecule has 0 aromatic heterocycles. The Hall–Kier alpha value is -1.11. The van der Waals surface area contributed by atoms with Crippen LogP contribution in [0.2, 0.25) is 5.02 Å². The van der Waals surface area contributed by atoms with E-state index in [4.69, 9.17) is 11.6 Å². The molecule has 2 aliphatic rings. The third-order valence-corrected chi connectivity index (χ3v) is 6.76. The van der Waals surface area contributed by atoms with Gasteiger partial charge in [0.15, 0.2) is 0 Å². The van der Waals surface area contributed by atoms with Crippen molar-refractivity contribution in [2.45, 2.75) is 19.3 Å². The molecule has 1 aromatic rings. The molecule has 0 bridgehead atoms. The molecule has 1 unspecified atom stereocenters. The van der Waals surface area contributed by atoms with Gasteiger partial charge in [-0.05, 0) is 49.3 Å². The first-order chi connectivity index (χ1) is 11.3. The first kappa shape index (κ1) is 17.7. The van der Waals surface area contributed by atoms with Gasteiger partial charge in [-0.2, -0.15) is 0 Å². The quantitative estimate of drug-likeness (QED) is 0.821. The summed E-state index contributed by atoms with van der Waals surface area (Å²) >= 11 is 5.97. The van der Waals surface area contributed by atoms with E-state index in [1.165, 1.54) is 6.26 Å². The van der Waals surface area contributed by atoms with Crippen molar-refractivity contribution in [1.29, 1.82) is 0 Å². The number of carbonyl (C=O) groups is 1. The molecule has 0 N–H and O–H groups in total. The molecule has 2 fully saturated rings. The number of sulfonamides is 1. The van der Waals surface area contributed by atoms with Crippen LogP contribution in [-0.4, -0.2) is 56.0 Å². The zero-order chi connectivity index (χ0) is 17.3. The Morgan fingerprint density at radius 2 is 1.79 bits per heavy atom. The number of nitrogens with zero attached hydrogens (tertiary/aromatic N) is 2. The second kappa shape index (κ2) is 7.02. The van der Waals surface area contributed by atoms with Crippen LogP contribution in [0.1, 0.15) is 29.6 Å². The molecular formula is C17H23ClN2O3S. The normalized spacial score (nSPS) is 23.6. The van der Waals surface area contributed by atoms with Crippen molar-refractivity contribution >= 4 is 27.5 Å². The molecule has 1 aromatic carbocycles. The maximum atomic E-state index is 12.6. The highest BCUT2D eigenvalue weighted by atomic mass is 35.5. The molecule has 24 heavy (non-hydrogen) atoms. The van der Waals surface area contributed by atoms with E-state index in [0.29, 0.717) is 35.5 Å². The van der Waals surface area contributed by atoms with E-state index in [-0.39, 0.29) is 5.91 Å². The predicted octanol–water partition coefficient (Wildman–Crippen LogP) is 2.47. The lowest BCUT2D eigenvalue weighted by Gasteiger charge is -2.33. The van der Waals surface area contributed by atoms with Crippen molar-refractivity contribution in [3.8, 4) is 0 Å². The lowest BCUT2D eigenvalue weighted by atomic mass is 9.84. The number of benzene rings is 1. The van der Waals surface area contributed by atoms with Gasteiger partial charge in [-0.3, -0.25) is 4.79 Å². The van der Waals surface area contributed by atoms with Crippen molar-refractivity contribution in [2.24, 2.45) is 11.8 Å². The fourth-order valence-electron chi connectivity index (χ4n) is 3.84. The molecule has 2 saturated heterocycles. The molecule has 7 heteroatoms. The molecule has 1 amide bonds. The Morgan fingerprint density at radius 3 is 2.42 bits per heavy atom. The fraction of sp³-hybridized carbons (Fsp3) is 0.588. The van der Waals surface area contributed by atoms with Crippen LogP contribution in [-0.2, 0) is 10.0 Å². The highest BCUT2D eigenvalue weighted by Crippen LogP contribution is 2.33. The average molecular weight is 371 g/mol. The van der Waals surface area contributed by atoms with Gasteiger partial charge >= 0.3 is 0 Å². The van der Waals surface area contributed by atoms with Crippen molar-refractivity contribution < 1.29 is 13.2 Å². The largest absolute Gasteiger partial charge is 0.338 e. The van der Waals surface area contributed by atoms with Gasteiger partial charge in [-0.15, -0.1) is 0 Å². The first-order valence-corrected chi connectivity index (χ1v) is 10.6. The molecule has 0 spiro atoms. The second-order valence-electron chi connectivity index (χ2n) is 6.81. The monoisotopic (exact) mass is 370 g/mol. The van der Waals surface area contributed by atoms with Crippen LogP contribution in [0, 0.1) is 11.8 Å². The smallest absolute Gasteiger partial charge is 0.253 e. The van der Waals surface area contributed by atoms with E-state index in [1.807, 2.05) is 4.90 Å². The van der Waals surface area contributed by atoms with Gasteiger partial charge < -0.3 is 4.90 Å². The van der Waals surface area contributed by atoms with Crippen molar-refractivity contribution in [1.82, 2.24) is 9.21 Å². The number of likely N-dealkylation sites (tertiary alicyclic amines) is 1. The van der Waals surface area contributed by atoms with E-state index in [0.717, 1.165) is 32.4 Å². The van der Waals surface area contributed by atoms with Gasteiger partial charge in [0.25, 0.3) is 5.91 Å². The van der Waals surface area contributed by atoms with Gasteiger partial charge in [0.2, 0.25) is 10.0 Å². The summed E-state index contributed by atoms with van der Waals surface area (Å²) in [5, 5.41) is 0.574. The third kappa shape index (κ3) is 3.92. The van der Waals surface area contributed by atoms with Gasteiger partial charge in [0.05, 0.1) is 6.26 Å². The maximum Gasteiger partial charge on any atom is 0.253 e. The van der Waals surface area contributed by atoms with Crippen LogP contribution < -0.4 is 0 Å². The number of carbonyl (C=O) groups excluding carboxylic acids is 1. The standard InChI is InChI=1S/C17H23ClN2O3S/c1-24(22,23)20-9-6-13(7-10-20)15-5-8-19(12-15)17(21)14-3-2-4-16(18)11-14/h2-4,11,13,15H,5-10,12H2,1H3. The third-order valence-electron chi connectivity index (χ3n) is 5.22. The summed E-state index contributed by atoms with van der Waals surface area (Å²) in [6.07, 6.45) is 4.04. The Morgan fingerprint density at radius 1 is 1.12 bits per heavy atom. The zero-order valence-corrected chi connectivity index (χ0v) is 15.4. The van der Waals surface area contributed by atoms with Crippen LogP contribution >= 0.6 is 11.6 Å². The molecule has 1 atom stereocenters. The van der Waals surface area contributed by atoms with Crippen molar-refractivity contribution in [2.75, 3.05) is 32.4 Å². The predicted molar refractivity (Wildman–Crippen MR) is 94.6 cm³/mol. The Bertz CT molecular complexity index is 714. The average Bonchev–Trinajstić information content (AvgIpc) is 3.03. The highest BCUT2D eigenvalue weighted by Gasteiger charge is 2.35. The molecule has 2 heterocycles. The number of hydrogen-bond acceptors (Lipinski definition) is 3. The Balaban J connectivity index is 1.57. The SMILES string of the molecule is CS(=O)(=O)N1CCC(C2CCN(C(=O)c3cccc(Cl)c3)C2)CC1. The fourth-order valence-corrected chi connectivity index (χ4v) is 4.90. The van der Waals surface area contributed by atoms with Crippen LogP contribution in [0.25, 0.3) is 0 Å². The minimum Gasteiger partial charge on any atom is -0.338 e. The van der Waals surface area contributed by atoms with E-state index < -0.39 is 10.0 Å². The molecule has 5 nitrogen and oxygen atoms in total. The summed E-state index contributed by atoms with van der Waals surface area (Å²) in [5.74, 6) is 1.00. The summed E-state index contributed by atoms with van der Waals surface area (Å²) in [7, 11) is -3.08. The number of halogens is 1. The van der Waals surface area contributed by atoms with Gasteiger partial charge in [0, 0.05) is 36.8 Å². The van der Waals surface area contributed by atoms with Crippen molar-refractivity contribution in [3.63, 3.8) is 0 Å². The first-order valence-electron chi connectivity index (χ1n) is 8.34. The minimum atomic E-state index is -3.08. The van der Waals surface area contributed by atoms with E-state index in [2.05, 4.69) is 0 Å². The van der Waals surface area contributed by atoms with Crippen LogP contribution in [0.4, 0.5) is 0 Å². The van der Waals surface area contributed by atoms with Crippen LogP contribution in [0.3, 0.4) is 0 Å². The van der Waals surface area contributed by atoms with Crippen LogP contribution in [0.15, 0.2) is 24.3 Å². The zero-order valence-electron chi connectivity index (χ0n) is 13.8. The lowest BCUT2D eigenvalue weighted by molar-refractivity contribution is 0.0778. The van der Waals surface area contributed by atoms with Gasteiger partial charge in [-0.1, -0.05) is 17.7 Å². The number of amides is 1. The van der Waals surface area contributed by atoms with E-state index in [9.17, 15) is 13.2 Å². The van der Waals surface area contributed by atoms with Crippen molar-refractivity contribution in [3.05, 3.63) is 34.9 Å². The maximum absolute atomic E-state index is 12.6. The van der Waals surface area contributed by atoms with E-state index >= 15 is 0 Å². The van der Waals surface area contributed by atoms with E-state index in [1.54, 1.807) is 28.6 Å². The number of hydrogen-bond donors (Lipinski definition) is 0. The molecule has 0 radical (unpaired) electrons. The summed E-state index contributed by atoms with van der Waals surface area (Å²) in [4.78, 5) is 14.5. The molecule has 0 saturated carbocycles. The molecular weight excluding hydrogens is 348 g/mol. The highest BCUT2D eigenvalue weighted by molar-refractivity contribution is 7.88. The molecule has 2 aliphatic heterocycles. The van der Waals surface area contributed by atoms with Gasteiger partial charge in [-0.25, -0.2) is 12.7 Å². The van der Waals surface area contributed by atoms with Gasteiger partial charge in [0.1, 0.15) is 0 Å². The Labute approximate surface area is 148 Å².